The van der Waals surface area contributed by atoms with Crippen molar-refractivity contribution in [3.05, 3.63) is 88.1 Å². The van der Waals surface area contributed by atoms with Crippen LogP contribution in [-0.2, 0) is 38.6 Å². The normalized spacial score (nSPS) is 13.6. The van der Waals surface area contributed by atoms with Gasteiger partial charge in [-0.15, -0.1) is 11.3 Å². The number of thiazole rings is 1. The lowest BCUT2D eigenvalue weighted by atomic mass is 9.96. The van der Waals surface area contributed by atoms with Crippen molar-refractivity contribution < 1.29 is 33.5 Å². The van der Waals surface area contributed by atoms with Gasteiger partial charge in [-0.1, -0.05) is 62.7 Å². The number of amides is 4. The summed E-state index contributed by atoms with van der Waals surface area (Å²) in [4.78, 5) is 56.0. The first-order valence-corrected chi connectivity index (χ1v) is 14.3. The molecule has 2 aromatic carbocycles. The molecule has 4 amide bonds. The van der Waals surface area contributed by atoms with Gasteiger partial charge in [0.15, 0.2) is 0 Å². The largest absolute Gasteiger partial charge is 0.445 e. The van der Waals surface area contributed by atoms with E-state index in [4.69, 9.17) is 4.74 Å². The molecular formula is C29H34FN5O6S. The van der Waals surface area contributed by atoms with Gasteiger partial charge < -0.3 is 20.7 Å². The molecule has 1 aromatic heterocycles. The Labute approximate surface area is 246 Å². The molecule has 5 N–H and O–H groups in total. The molecule has 0 radical (unpaired) electrons. The van der Waals surface area contributed by atoms with E-state index in [0.29, 0.717) is 17.7 Å². The Morgan fingerprint density at radius 3 is 2.21 bits per heavy atom. The van der Waals surface area contributed by atoms with Gasteiger partial charge in [0.1, 0.15) is 30.5 Å². The maximum atomic E-state index is 13.5. The van der Waals surface area contributed by atoms with Crippen LogP contribution in [0.1, 0.15) is 37.1 Å². The minimum atomic E-state index is -1.18. The Morgan fingerprint density at radius 2 is 1.60 bits per heavy atom. The van der Waals surface area contributed by atoms with Crippen LogP contribution in [0.2, 0.25) is 0 Å². The molecule has 3 rings (SSSR count). The summed E-state index contributed by atoms with van der Waals surface area (Å²) in [7, 11) is 0. The quantitative estimate of drug-likeness (QED) is 0.141. The van der Waals surface area contributed by atoms with Crippen LogP contribution in [-0.4, -0.2) is 52.1 Å². The Bertz CT molecular complexity index is 1310. The van der Waals surface area contributed by atoms with Crippen molar-refractivity contribution in [3.8, 4) is 0 Å². The Morgan fingerprint density at radius 1 is 0.905 bits per heavy atom. The molecule has 0 aliphatic carbocycles. The third kappa shape index (κ3) is 9.93. The van der Waals surface area contributed by atoms with Gasteiger partial charge in [-0.3, -0.25) is 19.6 Å². The van der Waals surface area contributed by atoms with E-state index < -0.39 is 47.8 Å². The fourth-order valence-electron chi connectivity index (χ4n) is 4.02. The van der Waals surface area contributed by atoms with Crippen LogP contribution in [0.15, 0.2) is 65.5 Å². The average Bonchev–Trinajstić information content (AvgIpc) is 3.52. The summed E-state index contributed by atoms with van der Waals surface area (Å²) >= 11 is 1.31. The second-order valence-corrected chi connectivity index (χ2v) is 10.4. The summed E-state index contributed by atoms with van der Waals surface area (Å²) < 4.78 is 18.8. The molecule has 0 fully saturated rings. The summed E-state index contributed by atoms with van der Waals surface area (Å²) in [6.07, 6.45) is -0.351. The Balaban J connectivity index is 1.76. The summed E-state index contributed by atoms with van der Waals surface area (Å²) in [5.74, 6) is -3.01. The van der Waals surface area contributed by atoms with Crippen LogP contribution in [0, 0.1) is 11.7 Å². The first-order chi connectivity index (χ1) is 20.2. The predicted octanol–water partition coefficient (Wildman–Crippen LogP) is 2.88. The lowest BCUT2D eigenvalue weighted by Crippen LogP contribution is -2.59. The molecule has 0 saturated heterocycles. The van der Waals surface area contributed by atoms with Crippen molar-refractivity contribution in [1.29, 1.82) is 0 Å². The van der Waals surface area contributed by atoms with Gasteiger partial charge in [0.2, 0.25) is 11.8 Å². The first-order valence-electron chi connectivity index (χ1n) is 13.3. The van der Waals surface area contributed by atoms with E-state index in [1.807, 2.05) is 13.0 Å². The van der Waals surface area contributed by atoms with E-state index >= 15 is 0 Å². The van der Waals surface area contributed by atoms with Crippen molar-refractivity contribution in [2.24, 2.45) is 5.92 Å². The minimum absolute atomic E-state index is 0.0131. The number of halogens is 1. The number of hydrogen-bond acceptors (Lipinski definition) is 8. The van der Waals surface area contributed by atoms with Gasteiger partial charge in [-0.05, 0) is 29.2 Å². The number of hydrogen-bond donors (Lipinski definition) is 5. The number of carbonyl (C=O) groups is 4. The van der Waals surface area contributed by atoms with Crippen molar-refractivity contribution >= 4 is 35.2 Å². The summed E-state index contributed by atoms with van der Waals surface area (Å²) in [6, 6.07) is 11.0. The van der Waals surface area contributed by atoms with Crippen molar-refractivity contribution in [1.82, 2.24) is 26.4 Å². The van der Waals surface area contributed by atoms with Crippen LogP contribution < -0.4 is 21.4 Å². The number of ether oxygens (including phenoxy) is 1. The molecule has 4 atom stereocenters. The maximum absolute atomic E-state index is 13.5. The standard InChI is InChI=1S/C29H34FN5O6S/c1-3-18(2)25(28(38)32-24(27(37)35-40)14-22-16-42-17-31-22)34-26(36)23(13-19-9-11-21(30)12-10-19)33-29(39)41-15-20-7-5-4-6-8-20/h4-12,16-18,23-25,40H,3,13-15H2,1-2H3,(H,32,38)(H,33,39)(H,34,36)(H,35,37)/t18-,23?,24+,25+/m1/s1. The number of nitrogens with one attached hydrogen (secondary N) is 4. The number of rotatable bonds is 14. The molecule has 224 valence electrons. The molecule has 0 bridgehead atoms. The highest BCUT2D eigenvalue weighted by molar-refractivity contribution is 7.07. The summed E-state index contributed by atoms with van der Waals surface area (Å²) in [6.45, 7) is 3.56. The molecular weight excluding hydrogens is 565 g/mol. The molecule has 0 aliphatic heterocycles. The minimum Gasteiger partial charge on any atom is -0.445 e. The fourth-order valence-corrected chi connectivity index (χ4v) is 4.60. The van der Waals surface area contributed by atoms with E-state index in [2.05, 4.69) is 20.9 Å². The monoisotopic (exact) mass is 599 g/mol. The van der Waals surface area contributed by atoms with Crippen LogP contribution in [0.4, 0.5) is 9.18 Å². The topological polar surface area (TPSA) is 159 Å². The van der Waals surface area contributed by atoms with Crippen molar-refractivity contribution in [2.75, 3.05) is 0 Å². The number of hydroxylamine groups is 1. The third-order valence-electron chi connectivity index (χ3n) is 6.61. The zero-order valence-corrected chi connectivity index (χ0v) is 24.0. The van der Waals surface area contributed by atoms with E-state index in [-0.39, 0.29) is 25.4 Å². The van der Waals surface area contributed by atoms with E-state index in [9.17, 15) is 28.8 Å². The number of aromatic nitrogens is 1. The van der Waals surface area contributed by atoms with Crippen molar-refractivity contribution in [2.45, 2.75) is 57.8 Å². The summed E-state index contributed by atoms with van der Waals surface area (Å²) in [5.41, 5.74) is 4.97. The van der Waals surface area contributed by atoms with E-state index in [1.165, 1.54) is 35.6 Å². The molecule has 0 saturated carbocycles. The maximum Gasteiger partial charge on any atom is 0.408 e. The van der Waals surface area contributed by atoms with Gasteiger partial charge in [0.05, 0.1) is 11.2 Å². The highest BCUT2D eigenvalue weighted by Gasteiger charge is 2.33. The molecule has 0 aliphatic rings. The highest BCUT2D eigenvalue weighted by Crippen LogP contribution is 2.13. The molecule has 11 nitrogen and oxygen atoms in total. The number of benzene rings is 2. The summed E-state index contributed by atoms with van der Waals surface area (Å²) in [5, 5.41) is 18.7. The van der Waals surface area contributed by atoms with Crippen LogP contribution >= 0.6 is 11.3 Å². The highest BCUT2D eigenvalue weighted by atomic mass is 32.1. The van der Waals surface area contributed by atoms with Crippen LogP contribution in [0.25, 0.3) is 0 Å². The molecule has 13 heteroatoms. The lowest BCUT2D eigenvalue weighted by molar-refractivity contribution is -0.136. The van der Waals surface area contributed by atoms with E-state index in [0.717, 1.165) is 5.56 Å². The molecule has 3 aromatic rings. The van der Waals surface area contributed by atoms with Gasteiger partial charge in [-0.2, -0.15) is 0 Å². The molecule has 0 spiro atoms. The molecule has 42 heavy (non-hydrogen) atoms. The van der Waals surface area contributed by atoms with Crippen LogP contribution in [0.5, 0.6) is 0 Å². The Kier molecular flexibility index (Phi) is 12.4. The van der Waals surface area contributed by atoms with Gasteiger partial charge in [0, 0.05) is 18.2 Å². The first kappa shape index (κ1) is 32.2. The smallest absolute Gasteiger partial charge is 0.408 e. The fraction of sp³-hybridized carbons (Fsp3) is 0.345. The van der Waals surface area contributed by atoms with Gasteiger partial charge in [0.25, 0.3) is 5.91 Å². The van der Waals surface area contributed by atoms with Gasteiger partial charge >= 0.3 is 6.09 Å². The second kappa shape index (κ2) is 16.2. The van der Waals surface area contributed by atoms with Crippen molar-refractivity contribution in [3.63, 3.8) is 0 Å². The SMILES string of the molecule is CC[C@@H](C)[C@H](NC(=O)C(Cc1ccc(F)cc1)NC(=O)OCc1ccccc1)C(=O)N[C@@H](Cc1cscn1)C(=O)NO. The second-order valence-electron chi connectivity index (χ2n) is 9.68. The molecule has 1 unspecified atom stereocenters. The molecule has 1 heterocycles. The van der Waals surface area contributed by atoms with Gasteiger partial charge in [-0.25, -0.2) is 19.6 Å². The zero-order valence-electron chi connectivity index (χ0n) is 23.2. The number of alkyl carbamates (subject to hydrolysis) is 1. The average molecular weight is 600 g/mol. The van der Waals surface area contributed by atoms with Crippen LogP contribution in [0.3, 0.4) is 0 Å². The lowest BCUT2D eigenvalue weighted by Gasteiger charge is -2.28. The van der Waals surface area contributed by atoms with E-state index in [1.54, 1.807) is 47.6 Å². The zero-order chi connectivity index (χ0) is 30.5. The number of carbonyl (C=O) groups excluding carboxylic acids is 4. The predicted molar refractivity (Wildman–Crippen MR) is 153 cm³/mol. The number of nitrogens with zero attached hydrogens (tertiary/aromatic N) is 1. The Hall–Kier alpha value is -4.36. The third-order valence-corrected chi connectivity index (χ3v) is 7.24.